The minimum absolute atomic E-state index is 0.209. The molecule has 5 nitrogen and oxygen atoms in total. The lowest BCUT2D eigenvalue weighted by atomic mass is 10.3. The predicted molar refractivity (Wildman–Crippen MR) is 75.1 cm³/mol. The molecule has 136 valence electrons. The molecule has 0 N–H and O–H groups in total. The summed E-state index contributed by atoms with van der Waals surface area (Å²) in [7, 11) is -4.50. The molecule has 0 aliphatic heterocycles. The number of amides is 1. The summed E-state index contributed by atoms with van der Waals surface area (Å²) in [5.74, 6) is -4.04. The van der Waals surface area contributed by atoms with E-state index in [1.165, 1.54) is 13.8 Å². The number of hydrogen-bond acceptors (Lipinski definition) is 4. The van der Waals surface area contributed by atoms with Gasteiger partial charge in [0.1, 0.15) is 0 Å². The van der Waals surface area contributed by atoms with Crippen molar-refractivity contribution in [3.05, 3.63) is 29.8 Å². The number of alkyl halides is 2. The van der Waals surface area contributed by atoms with Gasteiger partial charge in [-0.2, -0.15) is 13.2 Å². The van der Waals surface area contributed by atoms with E-state index in [-0.39, 0.29) is 13.2 Å². The van der Waals surface area contributed by atoms with Crippen molar-refractivity contribution in [3.8, 4) is 5.75 Å². The van der Waals surface area contributed by atoms with E-state index in [0.29, 0.717) is 6.07 Å². The summed E-state index contributed by atoms with van der Waals surface area (Å²) in [6.07, 6.45) is -2.23. The van der Waals surface area contributed by atoms with Gasteiger partial charge in [0.05, 0.1) is 0 Å². The maximum Gasteiger partial charge on any atom is 0.448 e. The van der Waals surface area contributed by atoms with E-state index in [1.54, 1.807) is 0 Å². The molecule has 0 aliphatic carbocycles. The van der Waals surface area contributed by atoms with Gasteiger partial charge in [-0.1, -0.05) is 15.7 Å². The molecule has 0 fully saturated rings. The zero-order chi connectivity index (χ0) is 18.5. The fraction of sp³-hybridized carbons (Fsp3) is 0.462. The third-order valence-electron chi connectivity index (χ3n) is 2.91. The Bertz CT molecular complexity index is 583. The predicted octanol–water partition coefficient (Wildman–Crippen LogP) is 3.93. The normalized spacial score (nSPS) is 12.2. The zero-order valence-corrected chi connectivity index (χ0v) is 14.1. The van der Waals surface area contributed by atoms with Crippen molar-refractivity contribution in [1.29, 1.82) is 0 Å². The summed E-state index contributed by atoms with van der Waals surface area (Å²) < 4.78 is 82.6. The van der Waals surface area contributed by atoms with Crippen molar-refractivity contribution in [2.24, 2.45) is 0 Å². The first-order chi connectivity index (χ1) is 11.1. The highest BCUT2D eigenvalue weighted by Crippen LogP contribution is 2.34. The van der Waals surface area contributed by atoms with Crippen molar-refractivity contribution in [1.82, 2.24) is 5.12 Å². The van der Waals surface area contributed by atoms with Gasteiger partial charge in [0.2, 0.25) is 5.82 Å². The Morgan fingerprint density at radius 3 is 2.25 bits per heavy atom. The van der Waals surface area contributed by atoms with E-state index in [9.17, 15) is 26.8 Å². The SMILES string of the molecule is CCO[Si](C)(OCC)C(F)(F)N(F)C(=O)Oc1cccc(F)c1F. The van der Waals surface area contributed by atoms with Crippen molar-refractivity contribution in [2.45, 2.75) is 26.1 Å². The number of carbonyl (C=O) groups is 1. The van der Waals surface area contributed by atoms with Crippen LogP contribution in [0.5, 0.6) is 5.75 Å². The molecule has 0 radical (unpaired) electrons. The largest absolute Gasteiger partial charge is 0.448 e. The summed E-state index contributed by atoms with van der Waals surface area (Å²) in [6, 6.07) is 2.45. The van der Waals surface area contributed by atoms with Gasteiger partial charge in [0.25, 0.3) is 0 Å². The first-order valence-electron chi connectivity index (χ1n) is 6.88. The van der Waals surface area contributed by atoms with Gasteiger partial charge in [-0.05, 0) is 32.5 Å². The lowest BCUT2D eigenvalue weighted by Crippen LogP contribution is -2.64. The van der Waals surface area contributed by atoms with Crippen LogP contribution in [0.25, 0.3) is 0 Å². The van der Waals surface area contributed by atoms with Crippen LogP contribution in [0.2, 0.25) is 6.55 Å². The lowest BCUT2D eigenvalue weighted by Gasteiger charge is -2.34. The molecule has 0 aliphatic rings. The Morgan fingerprint density at radius 2 is 1.75 bits per heavy atom. The topological polar surface area (TPSA) is 48.0 Å². The highest BCUT2D eigenvalue weighted by atomic mass is 28.4. The molecular formula is C13H16F5NO4Si. The van der Waals surface area contributed by atoms with Gasteiger partial charge in [-0.25, -0.2) is 9.18 Å². The molecule has 0 heterocycles. The number of nitrogens with zero attached hydrogens (tertiary/aromatic N) is 1. The van der Waals surface area contributed by atoms with E-state index in [4.69, 9.17) is 8.85 Å². The first kappa shape index (κ1) is 20.3. The van der Waals surface area contributed by atoms with E-state index >= 15 is 0 Å². The molecule has 1 aromatic rings. The Balaban J connectivity index is 3.02. The van der Waals surface area contributed by atoms with Crippen LogP contribution in [0.15, 0.2) is 18.2 Å². The second-order valence-corrected chi connectivity index (χ2v) is 7.62. The van der Waals surface area contributed by atoms with Crippen molar-refractivity contribution >= 4 is 14.7 Å². The second kappa shape index (κ2) is 7.90. The van der Waals surface area contributed by atoms with Gasteiger partial charge < -0.3 is 13.6 Å². The quantitative estimate of drug-likeness (QED) is 0.315. The van der Waals surface area contributed by atoms with Gasteiger partial charge >= 0.3 is 20.3 Å². The van der Waals surface area contributed by atoms with Crippen molar-refractivity contribution in [3.63, 3.8) is 0 Å². The molecule has 24 heavy (non-hydrogen) atoms. The first-order valence-corrected chi connectivity index (χ1v) is 9.19. The Labute approximate surface area is 136 Å². The molecule has 11 heteroatoms. The van der Waals surface area contributed by atoms with Crippen LogP contribution < -0.4 is 4.74 Å². The Kier molecular flexibility index (Phi) is 6.69. The number of benzene rings is 1. The van der Waals surface area contributed by atoms with Crippen LogP contribution in [0.3, 0.4) is 0 Å². The van der Waals surface area contributed by atoms with Gasteiger partial charge in [0.15, 0.2) is 11.6 Å². The van der Waals surface area contributed by atoms with Crippen molar-refractivity contribution in [2.75, 3.05) is 13.2 Å². The molecule has 0 bridgehead atoms. The minimum Gasteiger partial charge on any atom is -0.405 e. The van der Waals surface area contributed by atoms with Gasteiger partial charge in [0, 0.05) is 13.2 Å². The maximum absolute atomic E-state index is 14.3. The molecule has 0 spiro atoms. The molecular weight excluding hydrogens is 357 g/mol. The number of carbonyl (C=O) groups excluding carboxylic acids is 1. The van der Waals surface area contributed by atoms with E-state index < -0.39 is 42.8 Å². The molecule has 0 aromatic heterocycles. The third-order valence-corrected chi connectivity index (χ3v) is 5.87. The Hall–Kier alpha value is -1.72. The number of hydrogen-bond donors (Lipinski definition) is 0. The van der Waals surface area contributed by atoms with E-state index in [0.717, 1.165) is 18.7 Å². The smallest absolute Gasteiger partial charge is 0.405 e. The summed E-state index contributed by atoms with van der Waals surface area (Å²) in [4.78, 5) is 11.5. The van der Waals surface area contributed by atoms with Gasteiger partial charge in [-0.15, -0.1) is 0 Å². The molecule has 0 saturated carbocycles. The zero-order valence-electron chi connectivity index (χ0n) is 13.1. The maximum atomic E-state index is 14.3. The molecule has 1 amide bonds. The van der Waals surface area contributed by atoms with Crippen LogP contribution in [0.1, 0.15) is 13.8 Å². The van der Waals surface area contributed by atoms with Gasteiger partial charge in [-0.3, -0.25) is 0 Å². The summed E-state index contributed by atoms with van der Waals surface area (Å²) in [5, 5.41) is -1.53. The summed E-state index contributed by atoms with van der Waals surface area (Å²) >= 11 is 0. The van der Waals surface area contributed by atoms with Crippen LogP contribution in [-0.2, 0) is 8.85 Å². The summed E-state index contributed by atoms with van der Waals surface area (Å²) in [5.41, 5.74) is -4.47. The highest BCUT2D eigenvalue weighted by Gasteiger charge is 2.64. The fourth-order valence-electron chi connectivity index (χ4n) is 1.76. The second-order valence-electron chi connectivity index (χ2n) is 4.55. The summed E-state index contributed by atoms with van der Waals surface area (Å²) in [6.45, 7) is 3.23. The van der Waals surface area contributed by atoms with Crippen LogP contribution in [-0.4, -0.2) is 38.7 Å². The monoisotopic (exact) mass is 373 g/mol. The number of ether oxygens (including phenoxy) is 1. The van der Waals surface area contributed by atoms with Crippen LogP contribution in [0.4, 0.5) is 26.8 Å². The van der Waals surface area contributed by atoms with Crippen LogP contribution in [0, 0.1) is 11.6 Å². The molecule has 1 aromatic carbocycles. The standard InChI is InChI=1S/C13H16F5NO4Si/c1-4-21-24(3,22-5-2)13(16,17)19(18)12(20)23-10-8-6-7-9(14)11(10)15/h6-8H,4-5H2,1-3H3. The number of rotatable bonds is 7. The fourth-order valence-corrected chi connectivity index (χ4v) is 3.74. The average molecular weight is 373 g/mol. The third kappa shape index (κ3) is 4.02. The van der Waals surface area contributed by atoms with E-state index in [2.05, 4.69) is 4.74 Å². The molecule has 0 atom stereocenters. The number of halogens is 5. The highest BCUT2D eigenvalue weighted by molar-refractivity contribution is 6.68. The van der Waals surface area contributed by atoms with Crippen molar-refractivity contribution < 1.29 is 40.4 Å². The molecule has 0 saturated heterocycles. The minimum atomic E-state index is -4.50. The van der Waals surface area contributed by atoms with Crippen LogP contribution >= 0.6 is 0 Å². The molecule has 1 rings (SSSR count). The lowest BCUT2D eigenvalue weighted by molar-refractivity contribution is -0.179. The molecule has 0 unspecified atom stereocenters. The van der Waals surface area contributed by atoms with E-state index in [1.807, 2.05) is 0 Å². The Morgan fingerprint density at radius 1 is 1.21 bits per heavy atom. The average Bonchev–Trinajstić information content (AvgIpc) is 2.51.